The molecule has 1 aromatic rings. The molecule has 6 heteroatoms. The summed E-state index contributed by atoms with van der Waals surface area (Å²) in [4.78, 5) is 14.7. The minimum atomic E-state index is -0.967. The van der Waals surface area contributed by atoms with E-state index in [-0.39, 0.29) is 18.7 Å². The normalized spacial score (nSPS) is 19.1. The number of benzene rings is 1. The third-order valence-corrected chi connectivity index (χ3v) is 2.77. The molecule has 0 radical (unpaired) electrons. The minimum absolute atomic E-state index is 0.131. The van der Waals surface area contributed by atoms with Crippen molar-refractivity contribution in [1.29, 1.82) is 0 Å². The van der Waals surface area contributed by atoms with E-state index in [1.165, 1.54) is 5.56 Å². The Morgan fingerprint density at radius 1 is 1.56 bits per heavy atom. The van der Waals surface area contributed by atoms with Crippen LogP contribution in [0, 0.1) is 0 Å². The third kappa shape index (κ3) is 2.98. The van der Waals surface area contributed by atoms with Gasteiger partial charge in [0.15, 0.2) is 5.96 Å². The summed E-state index contributed by atoms with van der Waals surface area (Å²) in [5, 5.41) is 14.3. The number of aliphatic imine (C=N–C) groups is 1. The lowest BCUT2D eigenvalue weighted by Crippen LogP contribution is -2.38. The van der Waals surface area contributed by atoms with Crippen molar-refractivity contribution in [2.45, 2.75) is 12.6 Å². The molecule has 1 aliphatic rings. The van der Waals surface area contributed by atoms with Crippen molar-refractivity contribution in [3.05, 3.63) is 35.4 Å². The van der Waals surface area contributed by atoms with Gasteiger partial charge in [-0.1, -0.05) is 24.3 Å². The molecule has 0 spiro atoms. The summed E-state index contributed by atoms with van der Waals surface area (Å²) in [6.07, 6.45) is 0.751. The molecule has 1 heterocycles. The van der Waals surface area contributed by atoms with E-state index < -0.39 is 5.97 Å². The van der Waals surface area contributed by atoms with E-state index in [0.717, 1.165) is 18.5 Å². The van der Waals surface area contributed by atoms with Crippen molar-refractivity contribution in [2.24, 2.45) is 10.7 Å². The zero-order valence-corrected chi connectivity index (χ0v) is 9.89. The summed E-state index contributed by atoms with van der Waals surface area (Å²) in [6.45, 7) is 0.598. The first-order chi connectivity index (χ1) is 8.66. The number of nitrogens with zero attached hydrogens (tertiary/aromatic N) is 1. The zero-order valence-electron chi connectivity index (χ0n) is 9.89. The summed E-state index contributed by atoms with van der Waals surface area (Å²) in [7, 11) is 0. The van der Waals surface area contributed by atoms with E-state index in [0.29, 0.717) is 0 Å². The number of rotatable bonds is 3. The second-order valence-electron chi connectivity index (χ2n) is 4.07. The monoisotopic (exact) mass is 248 g/mol. The Morgan fingerprint density at radius 3 is 3.11 bits per heavy atom. The zero-order chi connectivity index (χ0) is 13.0. The molecule has 0 unspecified atom stereocenters. The molecule has 1 aliphatic heterocycles. The van der Waals surface area contributed by atoms with Gasteiger partial charge < -0.3 is 16.2 Å². The first-order valence-electron chi connectivity index (χ1n) is 5.77. The minimum Gasteiger partial charge on any atom is -0.480 e. The van der Waals surface area contributed by atoms with Crippen molar-refractivity contribution in [3.8, 4) is 0 Å². The van der Waals surface area contributed by atoms with Gasteiger partial charge >= 0.3 is 5.97 Å². The molecule has 18 heavy (non-hydrogen) atoms. The maximum Gasteiger partial charge on any atom is 0.322 e. The molecule has 0 saturated carbocycles. The van der Waals surface area contributed by atoms with E-state index in [9.17, 15) is 4.79 Å². The summed E-state index contributed by atoms with van der Waals surface area (Å²) in [5.74, 6) is -0.836. The first kappa shape index (κ1) is 12.4. The second kappa shape index (κ2) is 5.50. The Kier molecular flexibility index (Phi) is 3.78. The first-order valence-corrected chi connectivity index (χ1v) is 5.77. The average molecular weight is 248 g/mol. The van der Waals surface area contributed by atoms with Gasteiger partial charge in [0.1, 0.15) is 12.7 Å². The van der Waals surface area contributed by atoms with Crippen LogP contribution in [0.15, 0.2) is 29.3 Å². The highest BCUT2D eigenvalue weighted by Gasteiger charge is 2.18. The van der Waals surface area contributed by atoms with Gasteiger partial charge in [-0.25, -0.2) is 4.99 Å². The number of nitrogens with one attached hydrogen (secondary N) is 2. The van der Waals surface area contributed by atoms with E-state index in [2.05, 4.69) is 21.7 Å². The van der Waals surface area contributed by atoms with Crippen LogP contribution >= 0.6 is 0 Å². The summed E-state index contributed by atoms with van der Waals surface area (Å²) >= 11 is 0. The van der Waals surface area contributed by atoms with Gasteiger partial charge in [-0.15, -0.1) is 0 Å². The number of carbonyl (C=O) groups is 1. The standard InChI is InChI=1S/C12H16N4O2/c13-12(15-7-10(17)18)16-11-9-4-2-1-3-8(9)5-6-14-11/h1-4,11,14H,5-7H2,(H,17,18)(H3,13,15,16)/t11-/m0/s1. The number of aliphatic carboxylic acids is 1. The van der Waals surface area contributed by atoms with Crippen molar-refractivity contribution in [3.63, 3.8) is 0 Å². The fourth-order valence-corrected chi connectivity index (χ4v) is 1.95. The quantitative estimate of drug-likeness (QED) is 0.439. The number of nitrogens with two attached hydrogens (primary N) is 1. The van der Waals surface area contributed by atoms with Gasteiger partial charge in [0.05, 0.1) is 0 Å². The molecule has 0 bridgehead atoms. The third-order valence-electron chi connectivity index (χ3n) is 2.77. The predicted molar refractivity (Wildman–Crippen MR) is 68.2 cm³/mol. The van der Waals surface area contributed by atoms with Gasteiger partial charge in [0.2, 0.25) is 0 Å². The Labute approximate surface area is 105 Å². The smallest absolute Gasteiger partial charge is 0.322 e. The van der Waals surface area contributed by atoms with Gasteiger partial charge in [-0.05, 0) is 17.5 Å². The largest absolute Gasteiger partial charge is 0.480 e. The molecular weight excluding hydrogens is 232 g/mol. The molecule has 0 amide bonds. The Morgan fingerprint density at radius 2 is 2.33 bits per heavy atom. The van der Waals surface area contributed by atoms with E-state index in [1.807, 2.05) is 18.2 Å². The van der Waals surface area contributed by atoms with E-state index >= 15 is 0 Å². The highest BCUT2D eigenvalue weighted by Crippen LogP contribution is 2.23. The number of guanidine groups is 1. The van der Waals surface area contributed by atoms with Crippen LogP contribution in [0.1, 0.15) is 17.3 Å². The molecule has 0 fully saturated rings. The molecule has 2 rings (SSSR count). The van der Waals surface area contributed by atoms with Crippen molar-refractivity contribution >= 4 is 11.9 Å². The predicted octanol–water partition coefficient (Wildman–Crippen LogP) is -0.180. The maximum absolute atomic E-state index is 10.4. The van der Waals surface area contributed by atoms with Gasteiger partial charge in [0, 0.05) is 6.54 Å². The van der Waals surface area contributed by atoms with Crippen molar-refractivity contribution in [2.75, 3.05) is 13.1 Å². The van der Waals surface area contributed by atoms with Gasteiger partial charge in [0.25, 0.3) is 0 Å². The van der Waals surface area contributed by atoms with E-state index in [4.69, 9.17) is 10.8 Å². The van der Waals surface area contributed by atoms with Gasteiger partial charge in [-0.3, -0.25) is 10.1 Å². The van der Waals surface area contributed by atoms with Crippen molar-refractivity contribution < 1.29 is 9.90 Å². The highest BCUT2D eigenvalue weighted by molar-refractivity contribution is 5.82. The lowest BCUT2D eigenvalue weighted by atomic mass is 9.99. The lowest BCUT2D eigenvalue weighted by Gasteiger charge is -2.24. The molecule has 0 aromatic heterocycles. The van der Waals surface area contributed by atoms with Crippen molar-refractivity contribution in [1.82, 2.24) is 10.6 Å². The lowest BCUT2D eigenvalue weighted by molar-refractivity contribution is -0.135. The van der Waals surface area contributed by atoms with Crippen LogP contribution < -0.4 is 16.4 Å². The second-order valence-corrected chi connectivity index (χ2v) is 4.07. The number of hydrogen-bond donors (Lipinski definition) is 4. The summed E-state index contributed by atoms with van der Waals surface area (Å²) in [5.41, 5.74) is 7.98. The number of hydrogen-bond acceptors (Lipinski definition) is 3. The molecule has 6 nitrogen and oxygen atoms in total. The van der Waals surface area contributed by atoms with Crippen LogP contribution in [0.3, 0.4) is 0 Å². The van der Waals surface area contributed by atoms with Crippen LogP contribution in [-0.2, 0) is 11.2 Å². The number of fused-ring (bicyclic) bond motifs is 1. The number of carboxylic acids is 1. The molecule has 5 N–H and O–H groups in total. The number of carboxylic acid groups (broad SMARTS) is 1. The van der Waals surface area contributed by atoms with Gasteiger partial charge in [-0.2, -0.15) is 0 Å². The topological polar surface area (TPSA) is 99.7 Å². The van der Waals surface area contributed by atoms with Crippen LogP contribution in [0.4, 0.5) is 0 Å². The molecule has 0 aliphatic carbocycles. The Balaban J connectivity index is 2.10. The molecular formula is C12H16N4O2. The summed E-state index contributed by atoms with van der Waals surface area (Å²) in [6, 6.07) is 8.02. The highest BCUT2D eigenvalue weighted by atomic mass is 16.4. The van der Waals surface area contributed by atoms with E-state index in [1.54, 1.807) is 0 Å². The Hall–Kier alpha value is -2.08. The SMILES string of the molecule is NC(=N[C@@H]1NCCc2ccccc21)NCC(=O)O. The van der Waals surface area contributed by atoms with Crippen LogP contribution in [0.5, 0.6) is 0 Å². The fourth-order valence-electron chi connectivity index (χ4n) is 1.95. The maximum atomic E-state index is 10.4. The van der Waals surface area contributed by atoms with Crippen LogP contribution in [0.2, 0.25) is 0 Å². The fraction of sp³-hybridized carbons (Fsp3) is 0.333. The molecule has 1 atom stereocenters. The summed E-state index contributed by atoms with van der Waals surface area (Å²) < 4.78 is 0. The van der Waals surface area contributed by atoms with Crippen LogP contribution in [0.25, 0.3) is 0 Å². The van der Waals surface area contributed by atoms with Crippen LogP contribution in [-0.4, -0.2) is 30.1 Å². The molecule has 96 valence electrons. The Bertz CT molecular complexity index is 473. The molecule has 1 aromatic carbocycles. The average Bonchev–Trinajstić information content (AvgIpc) is 2.37. The molecule has 0 saturated heterocycles.